The van der Waals surface area contributed by atoms with Crippen LogP contribution in [0.1, 0.15) is 12.1 Å². The van der Waals surface area contributed by atoms with Crippen molar-refractivity contribution in [2.45, 2.75) is 12.2 Å². The van der Waals surface area contributed by atoms with E-state index in [4.69, 9.17) is 4.74 Å². The summed E-state index contributed by atoms with van der Waals surface area (Å²) in [6.45, 7) is 1.29. The van der Waals surface area contributed by atoms with Crippen molar-refractivity contribution >= 4 is 11.8 Å². The molecule has 8 heteroatoms. The molecule has 2 N–H and O–H groups in total. The van der Waals surface area contributed by atoms with Gasteiger partial charge in [-0.1, -0.05) is 0 Å². The SMILES string of the molecule is COc1cccnc1CSCCNC1=C([N+](=O)[O-])CCN1. The van der Waals surface area contributed by atoms with Gasteiger partial charge < -0.3 is 15.4 Å². The normalized spacial score (nSPS) is 14.0. The summed E-state index contributed by atoms with van der Waals surface area (Å²) >= 11 is 1.70. The van der Waals surface area contributed by atoms with Gasteiger partial charge in [0.25, 0.3) is 5.70 Å². The highest BCUT2D eigenvalue weighted by Crippen LogP contribution is 2.20. The Morgan fingerprint density at radius 1 is 1.62 bits per heavy atom. The van der Waals surface area contributed by atoms with Gasteiger partial charge in [-0.25, -0.2) is 0 Å². The van der Waals surface area contributed by atoms with Gasteiger partial charge in [0.15, 0.2) is 5.82 Å². The van der Waals surface area contributed by atoms with E-state index >= 15 is 0 Å². The predicted octanol–water partition coefficient (Wildman–Crippen LogP) is 1.35. The van der Waals surface area contributed by atoms with Crippen LogP contribution in [0.5, 0.6) is 5.75 Å². The van der Waals surface area contributed by atoms with Crippen LogP contribution in [0.15, 0.2) is 29.8 Å². The Hall–Kier alpha value is -1.96. The molecule has 2 heterocycles. The first-order chi connectivity index (χ1) is 10.2. The van der Waals surface area contributed by atoms with Gasteiger partial charge in [0.2, 0.25) is 0 Å². The number of aromatic nitrogens is 1. The quantitative estimate of drug-likeness (QED) is 0.425. The molecule has 0 aromatic carbocycles. The van der Waals surface area contributed by atoms with E-state index in [-0.39, 0.29) is 10.6 Å². The van der Waals surface area contributed by atoms with E-state index in [2.05, 4.69) is 15.6 Å². The van der Waals surface area contributed by atoms with Crippen molar-refractivity contribution in [2.24, 2.45) is 0 Å². The van der Waals surface area contributed by atoms with E-state index in [1.165, 1.54) is 0 Å². The highest BCUT2D eigenvalue weighted by atomic mass is 32.2. The number of thioether (sulfide) groups is 1. The molecule has 0 radical (unpaired) electrons. The second-order valence-corrected chi connectivity index (χ2v) is 5.49. The van der Waals surface area contributed by atoms with Gasteiger partial charge >= 0.3 is 0 Å². The van der Waals surface area contributed by atoms with Crippen LogP contribution in [-0.4, -0.2) is 35.9 Å². The summed E-state index contributed by atoms with van der Waals surface area (Å²) in [7, 11) is 1.63. The van der Waals surface area contributed by atoms with Gasteiger partial charge in [-0.3, -0.25) is 15.1 Å². The lowest BCUT2D eigenvalue weighted by Gasteiger charge is -2.08. The van der Waals surface area contributed by atoms with Crippen LogP contribution in [0.4, 0.5) is 0 Å². The zero-order valence-corrected chi connectivity index (χ0v) is 12.6. The van der Waals surface area contributed by atoms with Crippen molar-refractivity contribution in [1.29, 1.82) is 0 Å². The minimum Gasteiger partial charge on any atom is -0.495 e. The zero-order valence-electron chi connectivity index (χ0n) is 11.8. The summed E-state index contributed by atoms with van der Waals surface area (Å²) in [4.78, 5) is 14.8. The summed E-state index contributed by atoms with van der Waals surface area (Å²) in [5, 5.41) is 16.9. The smallest absolute Gasteiger partial charge is 0.287 e. The second kappa shape index (κ2) is 7.72. The topological polar surface area (TPSA) is 89.3 Å². The molecule has 0 bridgehead atoms. The molecule has 1 aromatic rings. The van der Waals surface area contributed by atoms with Crippen LogP contribution in [0.2, 0.25) is 0 Å². The average Bonchev–Trinajstić information content (AvgIpc) is 2.96. The Morgan fingerprint density at radius 2 is 2.48 bits per heavy atom. The van der Waals surface area contributed by atoms with Crippen LogP contribution in [0.3, 0.4) is 0 Å². The molecule has 0 atom stereocenters. The number of methoxy groups -OCH3 is 1. The maximum absolute atomic E-state index is 10.8. The molecule has 1 aromatic heterocycles. The molecular formula is C13H18N4O3S. The Morgan fingerprint density at radius 3 is 3.24 bits per heavy atom. The Bertz CT molecular complexity index is 536. The molecule has 0 aliphatic carbocycles. The lowest BCUT2D eigenvalue weighted by atomic mass is 10.3. The van der Waals surface area contributed by atoms with E-state index in [9.17, 15) is 10.1 Å². The maximum atomic E-state index is 10.8. The standard InChI is InChI=1S/C13H18N4O3S/c1-20-12-3-2-5-14-10(12)9-21-8-7-16-13-11(17(18)19)4-6-15-13/h2-3,5,15-16H,4,6-9H2,1H3. The first-order valence-electron chi connectivity index (χ1n) is 6.63. The molecule has 0 saturated carbocycles. The van der Waals surface area contributed by atoms with Crippen LogP contribution in [0.25, 0.3) is 0 Å². The number of hydrogen-bond acceptors (Lipinski definition) is 7. The number of hydrogen-bond donors (Lipinski definition) is 2. The monoisotopic (exact) mass is 310 g/mol. The van der Waals surface area contributed by atoms with Crippen LogP contribution in [-0.2, 0) is 5.75 Å². The third-order valence-corrected chi connectivity index (χ3v) is 4.00. The number of ether oxygens (including phenoxy) is 1. The van der Waals surface area contributed by atoms with Crippen molar-refractivity contribution in [2.75, 3.05) is 26.0 Å². The molecule has 0 unspecified atom stereocenters. The van der Waals surface area contributed by atoms with E-state index in [1.54, 1.807) is 25.1 Å². The highest BCUT2D eigenvalue weighted by molar-refractivity contribution is 7.98. The molecule has 0 spiro atoms. The first-order valence-corrected chi connectivity index (χ1v) is 7.78. The molecule has 1 aliphatic rings. The highest BCUT2D eigenvalue weighted by Gasteiger charge is 2.23. The summed E-state index contributed by atoms with van der Waals surface area (Å²) in [6, 6.07) is 3.73. The molecule has 2 rings (SSSR count). The lowest BCUT2D eigenvalue weighted by Crippen LogP contribution is -2.26. The largest absolute Gasteiger partial charge is 0.495 e. The third kappa shape index (κ3) is 4.25. The molecule has 0 amide bonds. The molecule has 21 heavy (non-hydrogen) atoms. The van der Waals surface area contributed by atoms with Crippen LogP contribution >= 0.6 is 11.8 Å². The number of pyridine rings is 1. The maximum Gasteiger partial charge on any atom is 0.287 e. The zero-order chi connectivity index (χ0) is 15.1. The van der Waals surface area contributed by atoms with Crippen molar-refractivity contribution in [1.82, 2.24) is 15.6 Å². The van der Waals surface area contributed by atoms with Crippen molar-refractivity contribution < 1.29 is 9.66 Å². The summed E-state index contributed by atoms with van der Waals surface area (Å²) in [5.41, 5.74) is 1.15. The average molecular weight is 310 g/mol. The van der Waals surface area contributed by atoms with Gasteiger partial charge in [-0.15, -0.1) is 0 Å². The van der Waals surface area contributed by atoms with Crippen LogP contribution < -0.4 is 15.4 Å². The predicted molar refractivity (Wildman–Crippen MR) is 81.6 cm³/mol. The summed E-state index contributed by atoms with van der Waals surface area (Å²) in [5.74, 6) is 2.92. The van der Waals surface area contributed by atoms with E-state index in [1.807, 2.05) is 12.1 Å². The molecule has 0 fully saturated rings. The fraction of sp³-hybridized carbons (Fsp3) is 0.462. The van der Waals surface area contributed by atoms with Crippen molar-refractivity contribution in [3.63, 3.8) is 0 Å². The van der Waals surface area contributed by atoms with Gasteiger partial charge in [0.05, 0.1) is 24.1 Å². The summed E-state index contributed by atoms with van der Waals surface area (Å²) in [6.07, 6.45) is 2.21. The molecular weight excluding hydrogens is 292 g/mol. The minimum absolute atomic E-state index is 0.242. The van der Waals surface area contributed by atoms with Crippen molar-refractivity contribution in [3.8, 4) is 5.75 Å². The molecule has 1 aliphatic heterocycles. The van der Waals surface area contributed by atoms with Gasteiger partial charge in [-0.05, 0) is 12.1 Å². The van der Waals surface area contributed by atoms with E-state index in [0.717, 1.165) is 22.9 Å². The fourth-order valence-electron chi connectivity index (χ4n) is 2.01. The lowest BCUT2D eigenvalue weighted by molar-refractivity contribution is -0.427. The Balaban J connectivity index is 1.73. The van der Waals surface area contributed by atoms with Gasteiger partial charge in [-0.2, -0.15) is 11.8 Å². The van der Waals surface area contributed by atoms with E-state index in [0.29, 0.717) is 25.3 Å². The van der Waals surface area contributed by atoms with Gasteiger partial charge in [0, 0.05) is 30.8 Å². The number of nitro groups is 1. The molecule has 7 nitrogen and oxygen atoms in total. The molecule has 114 valence electrons. The second-order valence-electron chi connectivity index (χ2n) is 4.39. The minimum atomic E-state index is -0.325. The number of rotatable bonds is 8. The van der Waals surface area contributed by atoms with E-state index < -0.39 is 0 Å². The first kappa shape index (κ1) is 15.4. The van der Waals surface area contributed by atoms with Crippen LogP contribution in [0, 0.1) is 10.1 Å². The van der Waals surface area contributed by atoms with Crippen molar-refractivity contribution in [3.05, 3.63) is 45.7 Å². The Kier molecular flexibility index (Phi) is 5.68. The molecule has 0 saturated heterocycles. The number of nitrogens with zero attached hydrogens (tertiary/aromatic N) is 2. The van der Waals surface area contributed by atoms with Gasteiger partial charge in [0.1, 0.15) is 5.75 Å². The summed E-state index contributed by atoms with van der Waals surface area (Å²) < 4.78 is 5.24. The fourth-order valence-corrected chi connectivity index (χ4v) is 2.82. The Labute approximate surface area is 127 Å². The third-order valence-electron chi connectivity index (χ3n) is 3.03. The number of nitrogens with one attached hydrogen (secondary N) is 2.